The average molecular weight is 239 g/mol. The van der Waals surface area contributed by atoms with Crippen LogP contribution in [0.4, 0.5) is 5.82 Å². The van der Waals surface area contributed by atoms with Crippen LogP contribution in [-0.2, 0) is 0 Å². The molecule has 0 bridgehead atoms. The van der Waals surface area contributed by atoms with Crippen LogP contribution in [0.2, 0.25) is 0 Å². The summed E-state index contributed by atoms with van der Waals surface area (Å²) >= 11 is 0. The van der Waals surface area contributed by atoms with Gasteiger partial charge in [0.05, 0.1) is 6.20 Å². The number of fused-ring (bicyclic) bond motifs is 1. The van der Waals surface area contributed by atoms with Gasteiger partial charge in [-0.05, 0) is 10.6 Å². The molecule has 18 heavy (non-hydrogen) atoms. The molecule has 0 fully saturated rings. The number of nitrogens with zero attached hydrogens (tertiary/aromatic N) is 9. The Hall–Kier alpha value is -3.06. The van der Waals surface area contributed by atoms with Gasteiger partial charge in [0.15, 0.2) is 17.3 Å². The molecule has 3 heterocycles. The molecule has 0 unspecified atom stereocenters. The number of aromatic nitrogens is 6. The van der Waals surface area contributed by atoms with Gasteiger partial charge in [-0.25, -0.2) is 19.9 Å². The summed E-state index contributed by atoms with van der Waals surface area (Å²) in [5.41, 5.74) is 9.63. The van der Waals surface area contributed by atoms with Crippen molar-refractivity contribution in [3.05, 3.63) is 41.4 Å². The van der Waals surface area contributed by atoms with Crippen molar-refractivity contribution in [3.8, 4) is 5.82 Å². The molecule has 9 heteroatoms. The van der Waals surface area contributed by atoms with Crippen molar-refractivity contribution in [1.29, 1.82) is 0 Å². The first-order valence-corrected chi connectivity index (χ1v) is 4.91. The Morgan fingerprint density at radius 3 is 2.72 bits per heavy atom. The molecule has 0 aliphatic carbocycles. The number of azide groups is 1. The SMILES string of the molecule is [N-]=[N+]=Nc1nccnc1-n1ncc2nccnc21. The molecule has 0 aliphatic heterocycles. The Kier molecular flexibility index (Phi) is 2.29. The summed E-state index contributed by atoms with van der Waals surface area (Å²) in [6, 6.07) is 0. The van der Waals surface area contributed by atoms with Gasteiger partial charge in [0.1, 0.15) is 5.52 Å². The van der Waals surface area contributed by atoms with Gasteiger partial charge in [0.2, 0.25) is 0 Å². The monoisotopic (exact) mass is 239 g/mol. The van der Waals surface area contributed by atoms with E-state index < -0.39 is 0 Å². The molecule has 0 aliphatic rings. The molecule has 0 N–H and O–H groups in total. The van der Waals surface area contributed by atoms with Gasteiger partial charge in [-0.1, -0.05) is 0 Å². The molecule has 3 aromatic rings. The van der Waals surface area contributed by atoms with E-state index in [4.69, 9.17) is 5.53 Å². The molecule has 86 valence electrons. The first-order valence-electron chi connectivity index (χ1n) is 4.91. The van der Waals surface area contributed by atoms with Crippen molar-refractivity contribution in [2.24, 2.45) is 5.11 Å². The van der Waals surface area contributed by atoms with E-state index in [2.05, 4.69) is 35.1 Å². The van der Waals surface area contributed by atoms with Crippen molar-refractivity contribution < 1.29 is 0 Å². The molecule has 0 spiro atoms. The molecular weight excluding hydrogens is 234 g/mol. The quantitative estimate of drug-likeness (QED) is 0.381. The Bertz CT molecular complexity index is 755. The highest BCUT2D eigenvalue weighted by Crippen LogP contribution is 2.20. The maximum absolute atomic E-state index is 8.49. The molecular formula is C9H5N9. The Labute approximate surface area is 99.8 Å². The van der Waals surface area contributed by atoms with E-state index in [1.165, 1.54) is 17.1 Å². The first kappa shape index (κ1) is 10.1. The Morgan fingerprint density at radius 2 is 1.83 bits per heavy atom. The zero-order chi connectivity index (χ0) is 12.4. The predicted octanol–water partition coefficient (Wildman–Crippen LogP) is 1.55. The molecule has 0 atom stereocenters. The van der Waals surface area contributed by atoms with Crippen LogP contribution >= 0.6 is 0 Å². The van der Waals surface area contributed by atoms with E-state index >= 15 is 0 Å². The van der Waals surface area contributed by atoms with Crippen molar-refractivity contribution in [2.45, 2.75) is 0 Å². The smallest absolute Gasteiger partial charge is 0.184 e. The third-order valence-electron chi connectivity index (χ3n) is 2.20. The molecule has 0 saturated heterocycles. The van der Waals surface area contributed by atoms with Gasteiger partial charge in [-0.15, -0.1) is 0 Å². The number of hydrogen-bond donors (Lipinski definition) is 0. The standard InChI is InChI=1S/C9H5N9/c10-17-16-7-9(14-4-2-12-7)18-8-6(5-15-18)11-1-3-13-8/h1-5H. The van der Waals surface area contributed by atoms with E-state index in [1.807, 2.05) is 0 Å². The summed E-state index contributed by atoms with van der Waals surface area (Å²) in [5, 5.41) is 7.58. The van der Waals surface area contributed by atoms with Gasteiger partial charge >= 0.3 is 0 Å². The van der Waals surface area contributed by atoms with Crippen molar-refractivity contribution in [3.63, 3.8) is 0 Å². The summed E-state index contributed by atoms with van der Waals surface area (Å²) in [4.78, 5) is 19.0. The van der Waals surface area contributed by atoms with Crippen LogP contribution in [0.5, 0.6) is 0 Å². The van der Waals surface area contributed by atoms with Crippen LogP contribution in [0.3, 0.4) is 0 Å². The zero-order valence-electron chi connectivity index (χ0n) is 8.91. The maximum atomic E-state index is 8.49. The fourth-order valence-electron chi connectivity index (χ4n) is 1.50. The number of rotatable bonds is 2. The molecule has 0 aromatic carbocycles. The minimum Gasteiger partial charge on any atom is -0.250 e. The van der Waals surface area contributed by atoms with E-state index in [0.29, 0.717) is 17.0 Å². The van der Waals surface area contributed by atoms with Gasteiger partial charge in [-0.3, -0.25) is 0 Å². The Balaban J connectivity index is 2.29. The largest absolute Gasteiger partial charge is 0.250 e. The van der Waals surface area contributed by atoms with E-state index in [1.54, 1.807) is 18.6 Å². The molecule has 0 radical (unpaired) electrons. The molecule has 0 saturated carbocycles. The van der Waals surface area contributed by atoms with Gasteiger partial charge in [0.25, 0.3) is 0 Å². The second-order valence-corrected chi connectivity index (χ2v) is 3.21. The van der Waals surface area contributed by atoms with Gasteiger partial charge in [-0.2, -0.15) is 9.78 Å². The van der Waals surface area contributed by atoms with Crippen molar-refractivity contribution >= 4 is 17.0 Å². The third-order valence-corrected chi connectivity index (χ3v) is 2.20. The Morgan fingerprint density at radius 1 is 1.06 bits per heavy atom. The molecule has 3 rings (SSSR count). The maximum Gasteiger partial charge on any atom is 0.184 e. The van der Waals surface area contributed by atoms with Crippen LogP contribution in [0.15, 0.2) is 36.1 Å². The summed E-state index contributed by atoms with van der Waals surface area (Å²) < 4.78 is 1.43. The highest BCUT2D eigenvalue weighted by atomic mass is 15.4. The number of hydrogen-bond acceptors (Lipinski definition) is 6. The first-order chi connectivity index (χ1) is 8.90. The lowest BCUT2D eigenvalue weighted by Crippen LogP contribution is -2.01. The summed E-state index contributed by atoms with van der Waals surface area (Å²) in [6.07, 6.45) is 7.58. The highest BCUT2D eigenvalue weighted by Gasteiger charge is 2.11. The van der Waals surface area contributed by atoms with Crippen molar-refractivity contribution in [1.82, 2.24) is 29.7 Å². The van der Waals surface area contributed by atoms with Crippen molar-refractivity contribution in [2.75, 3.05) is 0 Å². The molecule has 9 nitrogen and oxygen atoms in total. The fourth-order valence-corrected chi connectivity index (χ4v) is 1.50. The third kappa shape index (κ3) is 1.51. The predicted molar refractivity (Wildman–Crippen MR) is 61.1 cm³/mol. The normalized spacial score (nSPS) is 10.2. The zero-order valence-corrected chi connectivity index (χ0v) is 8.91. The second-order valence-electron chi connectivity index (χ2n) is 3.21. The van der Waals surface area contributed by atoms with Crippen LogP contribution < -0.4 is 0 Å². The topological polar surface area (TPSA) is 118 Å². The molecule has 3 aromatic heterocycles. The van der Waals surface area contributed by atoms with Crippen LogP contribution in [0.25, 0.3) is 27.4 Å². The fraction of sp³-hybridized carbons (Fsp3) is 0. The lowest BCUT2D eigenvalue weighted by atomic mass is 10.5. The van der Waals surface area contributed by atoms with Crippen LogP contribution in [0.1, 0.15) is 0 Å². The van der Waals surface area contributed by atoms with Crippen LogP contribution in [-0.4, -0.2) is 29.7 Å². The minimum atomic E-state index is 0.135. The lowest BCUT2D eigenvalue weighted by molar-refractivity contribution is 0.852. The second kappa shape index (κ2) is 4.07. The summed E-state index contributed by atoms with van der Waals surface area (Å²) in [6.45, 7) is 0. The average Bonchev–Trinajstić information content (AvgIpc) is 2.84. The molecule has 0 amide bonds. The van der Waals surface area contributed by atoms with E-state index in [0.717, 1.165) is 0 Å². The highest BCUT2D eigenvalue weighted by molar-refractivity contribution is 5.71. The summed E-state index contributed by atoms with van der Waals surface area (Å²) in [7, 11) is 0. The summed E-state index contributed by atoms with van der Waals surface area (Å²) in [5.74, 6) is 0.446. The van der Waals surface area contributed by atoms with E-state index in [9.17, 15) is 0 Å². The lowest BCUT2D eigenvalue weighted by Gasteiger charge is -2.02. The van der Waals surface area contributed by atoms with Gasteiger partial charge < -0.3 is 0 Å². The van der Waals surface area contributed by atoms with E-state index in [-0.39, 0.29) is 5.82 Å². The van der Waals surface area contributed by atoms with Crippen LogP contribution in [0, 0.1) is 0 Å². The minimum absolute atomic E-state index is 0.135. The van der Waals surface area contributed by atoms with Gasteiger partial charge in [0, 0.05) is 29.7 Å².